The van der Waals surface area contributed by atoms with Crippen molar-refractivity contribution in [2.24, 2.45) is 11.8 Å². The molecule has 1 amide bonds. The molecule has 0 bridgehead atoms. The molecule has 126 valence electrons. The summed E-state index contributed by atoms with van der Waals surface area (Å²) in [6.45, 7) is 2.05. The fourth-order valence-corrected chi connectivity index (χ4v) is 3.81. The molecular formula is C21H24ClNO. The van der Waals surface area contributed by atoms with Gasteiger partial charge in [-0.2, -0.15) is 0 Å². The van der Waals surface area contributed by atoms with Crippen LogP contribution in [-0.4, -0.2) is 5.91 Å². The first-order valence-electron chi connectivity index (χ1n) is 8.75. The van der Waals surface area contributed by atoms with Crippen LogP contribution in [0.15, 0.2) is 54.6 Å². The van der Waals surface area contributed by atoms with E-state index in [4.69, 9.17) is 11.6 Å². The molecule has 1 aliphatic rings. The largest absolute Gasteiger partial charge is 0.326 e. The van der Waals surface area contributed by atoms with E-state index in [1.54, 1.807) is 12.1 Å². The highest BCUT2D eigenvalue weighted by atomic mass is 35.5. The van der Waals surface area contributed by atoms with Gasteiger partial charge in [0.05, 0.1) is 0 Å². The number of rotatable bonds is 4. The van der Waals surface area contributed by atoms with Crippen molar-refractivity contribution in [3.05, 3.63) is 65.2 Å². The topological polar surface area (TPSA) is 29.1 Å². The van der Waals surface area contributed by atoms with Crippen molar-refractivity contribution < 1.29 is 4.79 Å². The highest BCUT2D eigenvalue weighted by Crippen LogP contribution is 2.38. The van der Waals surface area contributed by atoms with Gasteiger partial charge in [0.2, 0.25) is 5.91 Å². The van der Waals surface area contributed by atoms with Gasteiger partial charge in [0.1, 0.15) is 0 Å². The molecule has 1 saturated carbocycles. The van der Waals surface area contributed by atoms with Gasteiger partial charge in [-0.3, -0.25) is 4.79 Å². The molecule has 1 N–H and O–H groups in total. The number of amides is 1. The van der Waals surface area contributed by atoms with Crippen molar-refractivity contribution in [1.29, 1.82) is 0 Å². The monoisotopic (exact) mass is 341 g/mol. The smallest absolute Gasteiger partial charge is 0.227 e. The number of hydrogen-bond acceptors (Lipinski definition) is 1. The average Bonchev–Trinajstić information content (AvgIpc) is 2.64. The van der Waals surface area contributed by atoms with E-state index in [-0.39, 0.29) is 11.8 Å². The standard InChI is InChI=1S/C21H24ClNO/c1-15(21(24)23-20-13-11-19(22)12-14-20)16-7-9-18(10-8-16)17-5-3-2-4-6-17/h2-6,11-16,18H,7-10H2,1H3,(H,23,24)/t15-,16?,18?/m1/s1. The zero-order chi connectivity index (χ0) is 16.9. The summed E-state index contributed by atoms with van der Waals surface area (Å²) in [5, 5.41) is 3.69. The average molecular weight is 342 g/mol. The molecule has 2 aromatic rings. The number of nitrogens with one attached hydrogen (secondary N) is 1. The number of carbonyl (C=O) groups is 1. The Morgan fingerprint density at radius 1 is 1.00 bits per heavy atom. The van der Waals surface area contributed by atoms with Gasteiger partial charge in [0.15, 0.2) is 0 Å². The maximum absolute atomic E-state index is 12.5. The van der Waals surface area contributed by atoms with E-state index in [1.165, 1.54) is 18.4 Å². The molecule has 2 nitrogen and oxygen atoms in total. The second kappa shape index (κ2) is 7.85. The van der Waals surface area contributed by atoms with Crippen molar-refractivity contribution in [2.45, 2.75) is 38.5 Å². The highest BCUT2D eigenvalue weighted by molar-refractivity contribution is 6.30. The van der Waals surface area contributed by atoms with Crippen molar-refractivity contribution in [3.63, 3.8) is 0 Å². The minimum atomic E-state index is 0.0393. The van der Waals surface area contributed by atoms with Crippen LogP contribution in [0.5, 0.6) is 0 Å². The fraction of sp³-hybridized carbons (Fsp3) is 0.381. The Balaban J connectivity index is 1.53. The third kappa shape index (κ3) is 4.18. The molecule has 0 unspecified atom stereocenters. The van der Waals surface area contributed by atoms with Gasteiger partial charge in [-0.1, -0.05) is 48.9 Å². The normalized spacial score (nSPS) is 21.9. The Kier molecular flexibility index (Phi) is 5.57. The molecule has 0 spiro atoms. The Morgan fingerprint density at radius 3 is 2.25 bits per heavy atom. The maximum atomic E-state index is 12.5. The van der Waals surface area contributed by atoms with Crippen molar-refractivity contribution in [3.8, 4) is 0 Å². The van der Waals surface area contributed by atoms with Crippen LogP contribution in [0.25, 0.3) is 0 Å². The summed E-state index contributed by atoms with van der Waals surface area (Å²) in [6, 6.07) is 18.0. The van der Waals surface area contributed by atoms with E-state index < -0.39 is 0 Å². The molecule has 0 aliphatic heterocycles. The van der Waals surface area contributed by atoms with Crippen LogP contribution in [-0.2, 0) is 4.79 Å². The zero-order valence-corrected chi connectivity index (χ0v) is 14.8. The van der Waals surface area contributed by atoms with Gasteiger partial charge in [-0.25, -0.2) is 0 Å². The lowest BCUT2D eigenvalue weighted by Gasteiger charge is -2.32. The van der Waals surface area contributed by atoms with Crippen molar-refractivity contribution >= 4 is 23.2 Å². The number of halogens is 1. The highest BCUT2D eigenvalue weighted by Gasteiger charge is 2.29. The number of anilines is 1. The Bertz CT molecular complexity index is 660. The second-order valence-electron chi connectivity index (χ2n) is 6.81. The van der Waals surface area contributed by atoms with Crippen LogP contribution in [0.2, 0.25) is 5.02 Å². The van der Waals surface area contributed by atoms with E-state index in [9.17, 15) is 4.79 Å². The Morgan fingerprint density at radius 2 is 1.62 bits per heavy atom. The zero-order valence-electron chi connectivity index (χ0n) is 14.0. The molecule has 0 aromatic heterocycles. The first-order chi connectivity index (χ1) is 11.6. The molecule has 3 rings (SSSR count). The van der Waals surface area contributed by atoms with E-state index in [1.807, 2.05) is 12.1 Å². The minimum Gasteiger partial charge on any atom is -0.326 e. The summed E-state index contributed by atoms with van der Waals surface area (Å²) in [5.41, 5.74) is 2.25. The molecule has 2 aromatic carbocycles. The van der Waals surface area contributed by atoms with E-state index in [2.05, 4.69) is 42.6 Å². The lowest BCUT2D eigenvalue weighted by molar-refractivity contribution is -0.121. The summed E-state index contributed by atoms with van der Waals surface area (Å²) in [5.74, 6) is 1.27. The maximum Gasteiger partial charge on any atom is 0.227 e. The number of carbonyl (C=O) groups excluding carboxylic acids is 1. The third-order valence-corrected chi connectivity index (χ3v) is 5.53. The van der Waals surface area contributed by atoms with Crippen LogP contribution in [0, 0.1) is 11.8 Å². The van der Waals surface area contributed by atoms with Gasteiger partial charge in [-0.15, -0.1) is 0 Å². The molecule has 0 saturated heterocycles. The molecule has 0 heterocycles. The van der Waals surface area contributed by atoms with E-state index in [0.717, 1.165) is 18.5 Å². The first-order valence-corrected chi connectivity index (χ1v) is 9.12. The predicted molar refractivity (Wildman–Crippen MR) is 100 cm³/mol. The minimum absolute atomic E-state index is 0.0393. The SMILES string of the molecule is C[C@@H](C(=O)Nc1ccc(Cl)cc1)C1CCC(c2ccccc2)CC1. The number of benzene rings is 2. The molecule has 0 radical (unpaired) electrons. The van der Waals surface area contributed by atoms with Crippen LogP contribution in [0.1, 0.15) is 44.1 Å². The molecule has 1 atom stereocenters. The van der Waals surface area contributed by atoms with Crippen molar-refractivity contribution in [1.82, 2.24) is 0 Å². The van der Waals surface area contributed by atoms with E-state index >= 15 is 0 Å². The molecule has 1 fully saturated rings. The van der Waals surface area contributed by atoms with Gasteiger partial charge in [-0.05, 0) is 67.3 Å². The molecule has 1 aliphatic carbocycles. The van der Waals surface area contributed by atoms with Gasteiger partial charge in [0, 0.05) is 16.6 Å². The molecule has 3 heteroatoms. The molecular weight excluding hydrogens is 318 g/mol. The fourth-order valence-electron chi connectivity index (χ4n) is 3.68. The van der Waals surface area contributed by atoms with Crippen LogP contribution in [0.4, 0.5) is 5.69 Å². The summed E-state index contributed by atoms with van der Waals surface area (Å²) in [4.78, 5) is 12.5. The van der Waals surface area contributed by atoms with Crippen LogP contribution >= 0.6 is 11.6 Å². The summed E-state index contributed by atoms with van der Waals surface area (Å²) >= 11 is 5.88. The second-order valence-corrected chi connectivity index (χ2v) is 7.24. The predicted octanol–water partition coefficient (Wildman–Crippen LogP) is 5.89. The Hall–Kier alpha value is -1.80. The summed E-state index contributed by atoms with van der Waals surface area (Å²) < 4.78 is 0. The van der Waals surface area contributed by atoms with E-state index in [0.29, 0.717) is 16.9 Å². The summed E-state index contributed by atoms with van der Waals surface area (Å²) in [6.07, 6.45) is 4.59. The lowest BCUT2D eigenvalue weighted by Crippen LogP contribution is -2.29. The third-order valence-electron chi connectivity index (χ3n) is 5.28. The quantitative estimate of drug-likeness (QED) is 0.738. The van der Waals surface area contributed by atoms with Gasteiger partial charge < -0.3 is 5.32 Å². The summed E-state index contributed by atoms with van der Waals surface area (Å²) in [7, 11) is 0. The molecule has 24 heavy (non-hydrogen) atoms. The van der Waals surface area contributed by atoms with Gasteiger partial charge in [0.25, 0.3) is 0 Å². The lowest BCUT2D eigenvalue weighted by atomic mass is 9.74. The first kappa shape index (κ1) is 17.0. The van der Waals surface area contributed by atoms with Crippen LogP contribution < -0.4 is 5.32 Å². The number of hydrogen-bond donors (Lipinski definition) is 1. The van der Waals surface area contributed by atoms with Crippen molar-refractivity contribution in [2.75, 3.05) is 5.32 Å². The van der Waals surface area contributed by atoms with Crippen LogP contribution in [0.3, 0.4) is 0 Å². The van der Waals surface area contributed by atoms with Gasteiger partial charge >= 0.3 is 0 Å². The Labute approximate surface area is 149 Å².